The lowest BCUT2D eigenvalue weighted by atomic mass is 10.1. The number of nitrogens with zero attached hydrogens (tertiary/aromatic N) is 3. The summed E-state index contributed by atoms with van der Waals surface area (Å²) in [6.07, 6.45) is 1.29. The smallest absolute Gasteiger partial charge is 0.339 e. The standard InChI is InChI=1S/C28H28FN3O5S/c1-2-25(33)23-16-38-27(30-23)26(34)22-15-32(24-13-20(29)7-8-21(22)24)17-37-28(35)19-5-3-18(4-6-19)14-31-9-11-36-12-10-31/h3-8,13,15-16,25,33H,2,9-12,14,17H2,1H3/t25-/m0/s1. The summed E-state index contributed by atoms with van der Waals surface area (Å²) in [5.74, 6) is -1.34. The molecule has 1 fully saturated rings. The third-order valence-electron chi connectivity index (χ3n) is 6.57. The minimum Gasteiger partial charge on any atom is -0.440 e. The fourth-order valence-corrected chi connectivity index (χ4v) is 5.21. The molecule has 1 N–H and O–H groups in total. The normalized spacial score (nSPS) is 15.0. The largest absolute Gasteiger partial charge is 0.440 e. The monoisotopic (exact) mass is 537 g/mol. The van der Waals surface area contributed by atoms with Crippen LogP contribution in [0, 0.1) is 5.82 Å². The summed E-state index contributed by atoms with van der Waals surface area (Å²) in [6.45, 7) is 5.63. The van der Waals surface area contributed by atoms with Gasteiger partial charge in [-0.15, -0.1) is 11.3 Å². The number of ether oxygens (including phenoxy) is 2. The number of ketones is 1. The molecule has 3 heterocycles. The number of aromatic nitrogens is 2. The Labute approximate surface area is 223 Å². The third kappa shape index (κ3) is 5.68. The van der Waals surface area contributed by atoms with Gasteiger partial charge < -0.3 is 19.1 Å². The van der Waals surface area contributed by atoms with Gasteiger partial charge in [0.1, 0.15) is 5.82 Å². The third-order valence-corrected chi connectivity index (χ3v) is 7.43. The summed E-state index contributed by atoms with van der Waals surface area (Å²) in [5.41, 5.74) is 2.68. The van der Waals surface area contributed by atoms with E-state index in [1.807, 2.05) is 19.1 Å². The number of thiazole rings is 1. The van der Waals surface area contributed by atoms with Crippen LogP contribution >= 0.6 is 11.3 Å². The van der Waals surface area contributed by atoms with E-state index in [9.17, 15) is 19.1 Å². The van der Waals surface area contributed by atoms with E-state index in [0.717, 1.165) is 49.7 Å². The number of benzene rings is 2. The number of morpholine rings is 1. The first-order valence-electron chi connectivity index (χ1n) is 12.5. The topological polar surface area (TPSA) is 93.9 Å². The summed E-state index contributed by atoms with van der Waals surface area (Å²) in [7, 11) is 0. The number of carbonyl (C=O) groups excluding carboxylic acids is 2. The highest BCUT2D eigenvalue weighted by atomic mass is 32.1. The van der Waals surface area contributed by atoms with Gasteiger partial charge in [-0.05, 0) is 42.3 Å². The molecular formula is C28H28FN3O5S. The zero-order valence-corrected chi connectivity index (χ0v) is 21.7. The molecule has 2 aromatic heterocycles. The molecule has 5 rings (SSSR count). The van der Waals surface area contributed by atoms with Crippen molar-refractivity contribution >= 4 is 34.0 Å². The lowest BCUT2D eigenvalue weighted by molar-refractivity contribution is 0.0342. The molecule has 10 heteroatoms. The van der Waals surface area contributed by atoms with Crippen LogP contribution in [0.4, 0.5) is 4.39 Å². The fourth-order valence-electron chi connectivity index (χ4n) is 4.40. The molecule has 0 spiro atoms. The molecule has 0 saturated carbocycles. The molecule has 1 aliphatic heterocycles. The quantitative estimate of drug-likeness (QED) is 0.247. The van der Waals surface area contributed by atoms with Crippen molar-refractivity contribution < 1.29 is 28.6 Å². The van der Waals surface area contributed by atoms with Gasteiger partial charge in [0.15, 0.2) is 11.7 Å². The van der Waals surface area contributed by atoms with E-state index in [1.54, 1.807) is 23.7 Å². The molecule has 198 valence electrons. The van der Waals surface area contributed by atoms with Crippen LogP contribution in [0.25, 0.3) is 10.9 Å². The van der Waals surface area contributed by atoms with Crippen LogP contribution in [0.5, 0.6) is 0 Å². The zero-order valence-electron chi connectivity index (χ0n) is 20.9. The van der Waals surface area contributed by atoms with Crippen LogP contribution in [0.15, 0.2) is 54.0 Å². The van der Waals surface area contributed by atoms with Crippen LogP contribution in [-0.4, -0.2) is 57.6 Å². The first-order chi connectivity index (χ1) is 18.4. The molecule has 38 heavy (non-hydrogen) atoms. The van der Waals surface area contributed by atoms with Crippen LogP contribution in [0.3, 0.4) is 0 Å². The van der Waals surface area contributed by atoms with E-state index in [0.29, 0.717) is 34.1 Å². The van der Waals surface area contributed by atoms with Crippen molar-refractivity contribution in [2.24, 2.45) is 0 Å². The van der Waals surface area contributed by atoms with Gasteiger partial charge in [0, 0.05) is 36.6 Å². The maximum absolute atomic E-state index is 14.1. The zero-order chi connectivity index (χ0) is 26.6. The van der Waals surface area contributed by atoms with E-state index in [4.69, 9.17) is 9.47 Å². The van der Waals surface area contributed by atoms with E-state index in [2.05, 4.69) is 9.88 Å². The maximum Gasteiger partial charge on any atom is 0.339 e. The van der Waals surface area contributed by atoms with Gasteiger partial charge in [0.2, 0.25) is 5.78 Å². The minimum absolute atomic E-state index is 0.195. The maximum atomic E-state index is 14.1. The van der Waals surface area contributed by atoms with Crippen molar-refractivity contribution in [2.45, 2.75) is 32.7 Å². The van der Waals surface area contributed by atoms with Crippen molar-refractivity contribution in [3.8, 4) is 0 Å². The number of aliphatic hydroxyl groups is 1. The van der Waals surface area contributed by atoms with Gasteiger partial charge >= 0.3 is 5.97 Å². The predicted molar refractivity (Wildman–Crippen MR) is 141 cm³/mol. The van der Waals surface area contributed by atoms with Crippen molar-refractivity contribution in [3.63, 3.8) is 0 Å². The number of esters is 1. The Morgan fingerprint density at radius 2 is 1.95 bits per heavy atom. The predicted octanol–water partition coefficient (Wildman–Crippen LogP) is 4.56. The minimum atomic E-state index is -0.740. The lowest BCUT2D eigenvalue weighted by Crippen LogP contribution is -2.35. The van der Waals surface area contributed by atoms with E-state index < -0.39 is 17.9 Å². The number of hydrogen-bond donors (Lipinski definition) is 1. The van der Waals surface area contributed by atoms with E-state index >= 15 is 0 Å². The van der Waals surface area contributed by atoms with Gasteiger partial charge in [-0.3, -0.25) is 9.69 Å². The first kappa shape index (κ1) is 26.2. The first-order valence-corrected chi connectivity index (χ1v) is 13.3. The number of halogens is 1. The van der Waals surface area contributed by atoms with Gasteiger partial charge in [-0.2, -0.15) is 0 Å². The molecule has 8 nitrogen and oxygen atoms in total. The molecule has 1 saturated heterocycles. The summed E-state index contributed by atoms with van der Waals surface area (Å²) in [4.78, 5) is 32.6. The molecule has 0 radical (unpaired) electrons. The Morgan fingerprint density at radius 3 is 2.68 bits per heavy atom. The van der Waals surface area contributed by atoms with E-state index in [-0.39, 0.29) is 17.5 Å². The summed E-state index contributed by atoms with van der Waals surface area (Å²) in [5, 5.41) is 12.4. The van der Waals surface area contributed by atoms with Gasteiger partial charge in [-0.25, -0.2) is 14.2 Å². The molecule has 0 amide bonds. The number of fused-ring (bicyclic) bond motifs is 1. The highest BCUT2D eigenvalue weighted by Gasteiger charge is 2.22. The van der Waals surface area contributed by atoms with Crippen LogP contribution in [0.1, 0.15) is 56.4 Å². The summed E-state index contributed by atoms with van der Waals surface area (Å²) < 4.78 is 26.5. The van der Waals surface area contributed by atoms with Crippen molar-refractivity contribution in [1.29, 1.82) is 0 Å². The molecule has 2 aromatic carbocycles. The Hall–Kier alpha value is -3.44. The molecule has 1 aliphatic rings. The Balaban J connectivity index is 1.31. The second-order valence-corrected chi connectivity index (χ2v) is 10.0. The number of carbonyl (C=O) groups is 2. The van der Waals surface area contributed by atoms with Crippen molar-refractivity contribution in [3.05, 3.63) is 87.3 Å². The van der Waals surface area contributed by atoms with Crippen molar-refractivity contribution in [1.82, 2.24) is 14.5 Å². The number of aliphatic hydroxyl groups excluding tert-OH is 1. The Morgan fingerprint density at radius 1 is 1.18 bits per heavy atom. The molecule has 1 atom stereocenters. The molecular weight excluding hydrogens is 509 g/mol. The highest BCUT2D eigenvalue weighted by molar-refractivity contribution is 7.12. The van der Waals surface area contributed by atoms with E-state index in [1.165, 1.54) is 22.8 Å². The summed E-state index contributed by atoms with van der Waals surface area (Å²) >= 11 is 1.15. The van der Waals surface area contributed by atoms with Gasteiger partial charge in [0.05, 0.1) is 41.7 Å². The van der Waals surface area contributed by atoms with Gasteiger partial charge in [-0.1, -0.05) is 19.1 Å². The number of hydrogen-bond acceptors (Lipinski definition) is 8. The summed E-state index contributed by atoms with van der Waals surface area (Å²) in [6, 6.07) is 11.4. The lowest BCUT2D eigenvalue weighted by Gasteiger charge is -2.26. The molecule has 0 bridgehead atoms. The van der Waals surface area contributed by atoms with Crippen molar-refractivity contribution in [2.75, 3.05) is 26.3 Å². The molecule has 0 aliphatic carbocycles. The van der Waals surface area contributed by atoms with Crippen LogP contribution < -0.4 is 0 Å². The Bertz CT molecular complexity index is 1440. The second kappa shape index (κ2) is 11.5. The SMILES string of the molecule is CC[C@H](O)c1csc(C(=O)c2cn(COC(=O)c3ccc(CN4CCOCC4)cc3)c3cc(F)ccc23)n1. The second-order valence-electron chi connectivity index (χ2n) is 9.15. The van der Waals surface area contributed by atoms with Gasteiger partial charge in [0.25, 0.3) is 0 Å². The fraction of sp³-hybridized carbons (Fsp3) is 0.321. The number of rotatable bonds is 9. The average Bonchev–Trinajstić information content (AvgIpc) is 3.57. The van der Waals surface area contributed by atoms with Crippen LogP contribution in [0.2, 0.25) is 0 Å². The highest BCUT2D eigenvalue weighted by Crippen LogP contribution is 2.27. The molecule has 0 unspecified atom stereocenters. The van der Waals surface area contributed by atoms with Crippen LogP contribution in [-0.2, 0) is 22.7 Å². The average molecular weight is 538 g/mol. The Kier molecular flexibility index (Phi) is 7.94. The molecule has 4 aromatic rings.